The standard InChI is InChI=1S/C20H27N5O3/c1-21-19(26)24-10-4-5-14(12-24)13-25(15-8-9-15)20(27)22-11-18-16-6-2-3-7-17(16)23-28-18/h2-3,6-7,14-15H,4-5,8-13H2,1H3,(H,21,26)(H,22,27). The molecule has 8 heteroatoms. The van der Waals surface area contributed by atoms with Crippen molar-refractivity contribution in [2.24, 2.45) is 5.92 Å². The first kappa shape index (κ1) is 18.6. The van der Waals surface area contributed by atoms with Gasteiger partial charge in [0, 0.05) is 38.1 Å². The second-order valence-corrected chi connectivity index (χ2v) is 7.67. The highest BCUT2D eigenvalue weighted by molar-refractivity contribution is 5.81. The number of fused-ring (bicyclic) bond motifs is 1. The molecule has 2 aromatic rings. The lowest BCUT2D eigenvalue weighted by Crippen LogP contribution is -2.49. The monoisotopic (exact) mass is 385 g/mol. The Bertz CT molecular complexity index is 847. The lowest BCUT2D eigenvalue weighted by atomic mass is 9.97. The molecule has 1 atom stereocenters. The number of rotatable bonds is 5. The van der Waals surface area contributed by atoms with Gasteiger partial charge in [-0.3, -0.25) is 0 Å². The number of aromatic nitrogens is 1. The normalized spacial score (nSPS) is 19.5. The number of nitrogens with one attached hydrogen (secondary N) is 2. The zero-order chi connectivity index (χ0) is 19.5. The summed E-state index contributed by atoms with van der Waals surface area (Å²) in [5.41, 5.74) is 0.794. The molecule has 8 nitrogen and oxygen atoms in total. The van der Waals surface area contributed by atoms with Crippen molar-refractivity contribution in [1.29, 1.82) is 0 Å². The van der Waals surface area contributed by atoms with Crippen LogP contribution in [0, 0.1) is 5.92 Å². The zero-order valence-corrected chi connectivity index (χ0v) is 16.2. The van der Waals surface area contributed by atoms with E-state index >= 15 is 0 Å². The molecule has 1 saturated heterocycles. The van der Waals surface area contributed by atoms with Gasteiger partial charge in [-0.1, -0.05) is 17.3 Å². The highest BCUT2D eigenvalue weighted by Gasteiger charge is 2.35. The summed E-state index contributed by atoms with van der Waals surface area (Å²) < 4.78 is 5.39. The number of amides is 4. The first-order valence-electron chi connectivity index (χ1n) is 10.00. The Morgan fingerprint density at radius 1 is 1.29 bits per heavy atom. The molecule has 1 aliphatic carbocycles. The van der Waals surface area contributed by atoms with Gasteiger partial charge in [0.05, 0.1) is 6.54 Å². The molecule has 2 fully saturated rings. The van der Waals surface area contributed by atoms with Crippen LogP contribution in [0.25, 0.3) is 10.9 Å². The lowest BCUT2D eigenvalue weighted by molar-refractivity contribution is 0.140. The molecule has 28 heavy (non-hydrogen) atoms. The molecule has 2 N–H and O–H groups in total. The average molecular weight is 385 g/mol. The van der Waals surface area contributed by atoms with Crippen LogP contribution in [0.3, 0.4) is 0 Å². The van der Waals surface area contributed by atoms with Gasteiger partial charge in [-0.05, 0) is 43.7 Å². The maximum Gasteiger partial charge on any atom is 0.318 e. The molecule has 1 unspecified atom stereocenters. The van der Waals surface area contributed by atoms with Crippen molar-refractivity contribution >= 4 is 23.0 Å². The van der Waals surface area contributed by atoms with E-state index in [4.69, 9.17) is 4.52 Å². The molecule has 2 aliphatic rings. The number of likely N-dealkylation sites (tertiary alicyclic amines) is 1. The van der Waals surface area contributed by atoms with Crippen molar-refractivity contribution in [3.63, 3.8) is 0 Å². The highest BCUT2D eigenvalue weighted by atomic mass is 16.5. The third-order valence-corrected chi connectivity index (χ3v) is 5.58. The van der Waals surface area contributed by atoms with Gasteiger partial charge in [-0.25, -0.2) is 9.59 Å². The molecule has 0 spiro atoms. The van der Waals surface area contributed by atoms with Crippen molar-refractivity contribution in [3.8, 4) is 0 Å². The Kier molecular flexibility index (Phi) is 5.36. The van der Waals surface area contributed by atoms with E-state index in [2.05, 4.69) is 15.8 Å². The number of urea groups is 2. The predicted molar refractivity (Wildman–Crippen MR) is 105 cm³/mol. The van der Waals surface area contributed by atoms with Crippen molar-refractivity contribution < 1.29 is 14.1 Å². The van der Waals surface area contributed by atoms with Gasteiger partial charge in [0.25, 0.3) is 0 Å². The summed E-state index contributed by atoms with van der Waals surface area (Å²) in [7, 11) is 1.66. The van der Waals surface area contributed by atoms with E-state index in [-0.39, 0.29) is 12.1 Å². The fraction of sp³-hybridized carbons (Fsp3) is 0.550. The molecule has 1 aliphatic heterocycles. The van der Waals surface area contributed by atoms with E-state index in [1.165, 1.54) is 0 Å². The molecule has 1 aromatic heterocycles. The van der Waals surface area contributed by atoms with Gasteiger partial charge < -0.3 is 25.0 Å². The SMILES string of the molecule is CNC(=O)N1CCCC(CN(C(=O)NCc2onc3ccccc23)C2CC2)C1. The van der Waals surface area contributed by atoms with Crippen LogP contribution in [0.15, 0.2) is 28.8 Å². The van der Waals surface area contributed by atoms with E-state index in [1.807, 2.05) is 34.1 Å². The van der Waals surface area contributed by atoms with E-state index in [9.17, 15) is 9.59 Å². The molecule has 4 amide bonds. The van der Waals surface area contributed by atoms with E-state index < -0.39 is 0 Å². The highest BCUT2D eigenvalue weighted by Crippen LogP contribution is 2.29. The van der Waals surface area contributed by atoms with Crippen molar-refractivity contribution in [2.45, 2.75) is 38.3 Å². The van der Waals surface area contributed by atoms with Crippen LogP contribution in [0.1, 0.15) is 31.4 Å². The van der Waals surface area contributed by atoms with Crippen LogP contribution in [0.4, 0.5) is 9.59 Å². The van der Waals surface area contributed by atoms with Crippen LogP contribution >= 0.6 is 0 Å². The lowest BCUT2D eigenvalue weighted by Gasteiger charge is -2.35. The summed E-state index contributed by atoms with van der Waals surface area (Å²) in [5.74, 6) is 0.978. The first-order valence-corrected chi connectivity index (χ1v) is 10.00. The van der Waals surface area contributed by atoms with Crippen molar-refractivity contribution in [1.82, 2.24) is 25.6 Å². The Morgan fingerprint density at radius 2 is 2.11 bits per heavy atom. The largest absolute Gasteiger partial charge is 0.358 e. The van der Waals surface area contributed by atoms with Crippen LogP contribution in [-0.2, 0) is 6.54 Å². The summed E-state index contributed by atoms with van der Waals surface area (Å²) >= 11 is 0. The van der Waals surface area contributed by atoms with Crippen LogP contribution in [0.5, 0.6) is 0 Å². The third-order valence-electron chi connectivity index (χ3n) is 5.58. The van der Waals surface area contributed by atoms with Crippen LogP contribution < -0.4 is 10.6 Å². The minimum Gasteiger partial charge on any atom is -0.358 e. The third kappa shape index (κ3) is 4.05. The number of carbonyl (C=O) groups is 2. The molecule has 150 valence electrons. The zero-order valence-electron chi connectivity index (χ0n) is 16.2. The average Bonchev–Trinajstić information content (AvgIpc) is 3.49. The molecule has 4 rings (SSSR count). The Balaban J connectivity index is 1.36. The number of piperidine rings is 1. The summed E-state index contributed by atoms with van der Waals surface area (Å²) in [6.45, 7) is 2.48. The summed E-state index contributed by atoms with van der Waals surface area (Å²) in [6, 6.07) is 7.88. The predicted octanol–water partition coefficient (Wildman–Crippen LogP) is 2.55. The van der Waals surface area contributed by atoms with Gasteiger partial charge in [0.15, 0.2) is 5.76 Å². The summed E-state index contributed by atoms with van der Waals surface area (Å²) in [6.07, 6.45) is 4.11. The first-order chi connectivity index (χ1) is 13.7. The van der Waals surface area contributed by atoms with Gasteiger partial charge in [0.2, 0.25) is 0 Å². The van der Waals surface area contributed by atoms with Gasteiger partial charge in [-0.15, -0.1) is 0 Å². The minimum atomic E-state index is -0.0694. The van der Waals surface area contributed by atoms with E-state index in [1.54, 1.807) is 7.05 Å². The fourth-order valence-corrected chi connectivity index (χ4v) is 3.95. The molecule has 2 heterocycles. The van der Waals surface area contributed by atoms with E-state index in [0.29, 0.717) is 37.4 Å². The summed E-state index contributed by atoms with van der Waals surface area (Å²) in [5, 5.41) is 10.6. The Labute approximate surface area is 164 Å². The van der Waals surface area contributed by atoms with Crippen molar-refractivity contribution in [3.05, 3.63) is 30.0 Å². The molecule has 0 radical (unpaired) electrons. The molecule has 0 bridgehead atoms. The van der Waals surface area contributed by atoms with Crippen LogP contribution in [-0.4, -0.2) is 59.7 Å². The Morgan fingerprint density at radius 3 is 2.89 bits per heavy atom. The quantitative estimate of drug-likeness (QED) is 0.828. The number of carbonyl (C=O) groups excluding carboxylic acids is 2. The fourth-order valence-electron chi connectivity index (χ4n) is 3.95. The summed E-state index contributed by atoms with van der Waals surface area (Å²) in [4.78, 5) is 28.6. The Hall–Kier alpha value is -2.77. The molecule has 1 saturated carbocycles. The van der Waals surface area contributed by atoms with Crippen LogP contribution in [0.2, 0.25) is 0 Å². The molecule has 1 aromatic carbocycles. The minimum absolute atomic E-state index is 0.0377. The number of benzene rings is 1. The smallest absolute Gasteiger partial charge is 0.318 e. The molecular formula is C20H27N5O3. The topological polar surface area (TPSA) is 90.7 Å². The van der Waals surface area contributed by atoms with Crippen molar-refractivity contribution in [2.75, 3.05) is 26.7 Å². The van der Waals surface area contributed by atoms with Gasteiger partial charge in [-0.2, -0.15) is 0 Å². The number of hydrogen-bond donors (Lipinski definition) is 2. The van der Waals surface area contributed by atoms with Gasteiger partial charge >= 0.3 is 12.1 Å². The second kappa shape index (κ2) is 8.08. The maximum absolute atomic E-state index is 12.9. The maximum atomic E-state index is 12.9. The second-order valence-electron chi connectivity index (χ2n) is 7.67. The van der Waals surface area contributed by atoms with E-state index in [0.717, 1.165) is 43.1 Å². The number of nitrogens with zero attached hydrogens (tertiary/aromatic N) is 3. The van der Waals surface area contributed by atoms with Gasteiger partial charge in [0.1, 0.15) is 5.52 Å². The molecular weight excluding hydrogens is 358 g/mol. The number of hydrogen-bond acceptors (Lipinski definition) is 4.